The number of carbonyl (C=O) groups is 2. The summed E-state index contributed by atoms with van der Waals surface area (Å²) >= 11 is 6.32. The molecule has 0 unspecified atom stereocenters. The zero-order valence-corrected chi connectivity index (χ0v) is 28.5. The minimum absolute atomic E-state index is 0.0355. The standard InChI is InChI=1S/C34H44ClN3O7S/c1-34(2)33(40)36-46(41,42)27-13-15-31-29(19-27)38(16-6-5-8-23-18-26(35)12-10-25(23)21-43-31)20-24-11-14-28(24)30(9-7-17-45-34)44-22-32(39)37(3)4/h7,9-10,12-13,15,18-19,24,28,30H,5-6,8,11,14,16-17,20-22H2,1-4H3,(H,36,40)/b9-7+/t24-,28+,30+/m0/s1. The fraction of sp³-hybridized carbons (Fsp3) is 0.529. The molecule has 3 atom stereocenters. The summed E-state index contributed by atoms with van der Waals surface area (Å²) in [5.41, 5.74) is 1.38. The second-order valence-electron chi connectivity index (χ2n) is 13.0. The first-order valence-corrected chi connectivity index (χ1v) is 17.7. The maximum atomic E-state index is 13.5. The van der Waals surface area contributed by atoms with Crippen molar-refractivity contribution in [2.75, 3.05) is 45.3 Å². The smallest absolute Gasteiger partial charge is 0.265 e. The number of benzene rings is 2. The van der Waals surface area contributed by atoms with Gasteiger partial charge in [-0.1, -0.05) is 29.8 Å². The first kappa shape index (κ1) is 34.2. The number of hydrogen-bond acceptors (Lipinski definition) is 8. The van der Waals surface area contributed by atoms with E-state index in [1.54, 1.807) is 32.3 Å². The van der Waals surface area contributed by atoms with Crippen LogP contribution in [0.5, 0.6) is 5.75 Å². The van der Waals surface area contributed by atoms with Gasteiger partial charge in [0.05, 0.1) is 23.3 Å². The van der Waals surface area contributed by atoms with Crippen molar-refractivity contribution in [2.45, 2.75) is 69.2 Å². The van der Waals surface area contributed by atoms with Gasteiger partial charge in [0.15, 0.2) is 0 Å². The van der Waals surface area contributed by atoms with Gasteiger partial charge >= 0.3 is 0 Å². The molecule has 12 heteroatoms. The second-order valence-corrected chi connectivity index (χ2v) is 15.1. The van der Waals surface area contributed by atoms with E-state index in [1.165, 1.54) is 24.8 Å². The Hall–Kier alpha value is -3.12. The van der Waals surface area contributed by atoms with Crippen molar-refractivity contribution in [3.8, 4) is 5.75 Å². The van der Waals surface area contributed by atoms with Crippen LogP contribution in [0, 0.1) is 11.8 Å². The third-order valence-electron chi connectivity index (χ3n) is 9.15. The molecule has 1 aliphatic carbocycles. The first-order chi connectivity index (χ1) is 21.8. The van der Waals surface area contributed by atoms with Crippen LogP contribution >= 0.6 is 11.6 Å². The Balaban J connectivity index is 1.53. The molecule has 1 saturated carbocycles. The lowest BCUT2D eigenvalue weighted by molar-refractivity contribution is -0.139. The maximum absolute atomic E-state index is 13.5. The van der Waals surface area contributed by atoms with Crippen molar-refractivity contribution in [3.05, 3.63) is 64.7 Å². The van der Waals surface area contributed by atoms with E-state index in [-0.39, 0.29) is 42.0 Å². The predicted octanol–water partition coefficient (Wildman–Crippen LogP) is 4.73. The van der Waals surface area contributed by atoms with E-state index in [0.29, 0.717) is 36.2 Å². The molecule has 2 heterocycles. The number of anilines is 1. The highest BCUT2D eigenvalue weighted by atomic mass is 35.5. The van der Waals surface area contributed by atoms with Gasteiger partial charge < -0.3 is 24.0 Å². The van der Waals surface area contributed by atoms with Crippen LogP contribution in [0.25, 0.3) is 0 Å². The fourth-order valence-electron chi connectivity index (χ4n) is 6.06. The SMILES string of the molecule is CN(C)C(=O)CO[C@@H]1/C=C/COC(C)(C)C(=O)NS(=O)(=O)c2ccc3c(c2)N(CCCCc2cc(Cl)ccc2CO3)C[C@@H]2CC[C@H]21. The lowest BCUT2D eigenvalue weighted by atomic mass is 9.70. The first-order valence-electron chi connectivity index (χ1n) is 15.8. The van der Waals surface area contributed by atoms with Crippen molar-refractivity contribution < 1.29 is 32.2 Å². The Bertz CT molecular complexity index is 1580. The van der Waals surface area contributed by atoms with Gasteiger partial charge in [-0.2, -0.15) is 0 Å². The number of amides is 2. The van der Waals surface area contributed by atoms with Crippen LogP contribution in [0.15, 0.2) is 53.4 Å². The van der Waals surface area contributed by atoms with Gasteiger partial charge in [0.2, 0.25) is 5.91 Å². The molecule has 2 aromatic carbocycles. The molecular weight excluding hydrogens is 630 g/mol. The van der Waals surface area contributed by atoms with Crippen molar-refractivity contribution >= 4 is 39.1 Å². The molecule has 250 valence electrons. The number of ether oxygens (including phenoxy) is 3. The molecule has 2 aromatic rings. The van der Waals surface area contributed by atoms with E-state index in [1.807, 2.05) is 24.3 Å². The van der Waals surface area contributed by atoms with Crippen molar-refractivity contribution in [2.24, 2.45) is 11.8 Å². The highest BCUT2D eigenvalue weighted by Gasteiger charge is 2.39. The molecule has 0 spiro atoms. The van der Waals surface area contributed by atoms with Gasteiger partial charge in [-0.05, 0) is 99.2 Å². The topological polar surface area (TPSA) is 114 Å². The average molecular weight is 674 g/mol. The molecule has 0 saturated heterocycles. The molecule has 1 fully saturated rings. The largest absolute Gasteiger partial charge is 0.487 e. The van der Waals surface area contributed by atoms with Gasteiger partial charge in [-0.15, -0.1) is 0 Å². The molecule has 2 bridgehead atoms. The predicted molar refractivity (Wildman–Crippen MR) is 177 cm³/mol. The van der Waals surface area contributed by atoms with Gasteiger partial charge in [-0.25, -0.2) is 13.1 Å². The number of nitrogens with zero attached hydrogens (tertiary/aromatic N) is 2. The Morgan fingerprint density at radius 2 is 1.93 bits per heavy atom. The van der Waals surface area contributed by atoms with Crippen LogP contribution in [-0.2, 0) is 42.1 Å². The monoisotopic (exact) mass is 673 g/mol. The van der Waals surface area contributed by atoms with Gasteiger partial charge in [0.1, 0.15) is 24.6 Å². The molecular formula is C34H44ClN3O7S. The number of halogens is 1. The quantitative estimate of drug-likeness (QED) is 0.466. The fourth-order valence-corrected chi connectivity index (χ4v) is 7.37. The van der Waals surface area contributed by atoms with Crippen LogP contribution in [0.2, 0.25) is 5.02 Å². The van der Waals surface area contributed by atoms with E-state index < -0.39 is 21.5 Å². The number of nitrogens with one attached hydrogen (secondary N) is 1. The van der Waals surface area contributed by atoms with Crippen LogP contribution in [0.3, 0.4) is 0 Å². The zero-order valence-electron chi connectivity index (χ0n) is 27.0. The molecule has 10 nitrogen and oxygen atoms in total. The normalized spacial score (nSPS) is 25.3. The van der Waals surface area contributed by atoms with E-state index >= 15 is 0 Å². The van der Waals surface area contributed by atoms with E-state index in [0.717, 1.165) is 43.2 Å². The van der Waals surface area contributed by atoms with Gasteiger partial charge in [0, 0.05) is 32.2 Å². The minimum Gasteiger partial charge on any atom is -0.487 e. The Kier molecular flexibility index (Phi) is 10.7. The van der Waals surface area contributed by atoms with E-state index in [4.69, 9.17) is 25.8 Å². The summed E-state index contributed by atoms with van der Waals surface area (Å²) in [7, 11) is -0.825. The molecule has 2 amide bonds. The number of likely N-dealkylation sites (N-methyl/N-ethyl adjacent to an activating group) is 1. The Labute approximate surface area is 277 Å². The van der Waals surface area contributed by atoms with Crippen molar-refractivity contribution in [1.29, 1.82) is 0 Å². The van der Waals surface area contributed by atoms with E-state index in [2.05, 4.69) is 9.62 Å². The van der Waals surface area contributed by atoms with Crippen LogP contribution in [-0.4, -0.2) is 77.2 Å². The summed E-state index contributed by atoms with van der Waals surface area (Å²) in [6, 6.07) is 10.5. The van der Waals surface area contributed by atoms with Crippen LogP contribution in [0.4, 0.5) is 5.69 Å². The number of carbonyl (C=O) groups excluding carboxylic acids is 2. The average Bonchev–Trinajstić information content (AvgIpc) is 3.02. The summed E-state index contributed by atoms with van der Waals surface area (Å²) in [6.07, 6.45) is 7.86. The molecule has 0 radical (unpaired) electrons. The summed E-state index contributed by atoms with van der Waals surface area (Å²) in [4.78, 5) is 29.3. The van der Waals surface area contributed by atoms with Crippen molar-refractivity contribution in [1.82, 2.24) is 9.62 Å². The summed E-state index contributed by atoms with van der Waals surface area (Å²) < 4.78 is 47.7. The summed E-state index contributed by atoms with van der Waals surface area (Å²) in [5.74, 6) is 0.00802. The second kappa shape index (κ2) is 14.3. The molecule has 3 aliphatic rings. The van der Waals surface area contributed by atoms with Crippen LogP contribution in [0.1, 0.15) is 50.7 Å². The van der Waals surface area contributed by atoms with Gasteiger partial charge in [-0.3, -0.25) is 9.59 Å². The number of sulfonamides is 1. The molecule has 1 N–H and O–H groups in total. The molecule has 5 rings (SSSR count). The molecule has 2 aliphatic heterocycles. The number of fused-ring (bicyclic) bond motifs is 3. The summed E-state index contributed by atoms with van der Waals surface area (Å²) in [5, 5.41) is 0.680. The lowest BCUT2D eigenvalue weighted by Crippen LogP contribution is -2.47. The Morgan fingerprint density at radius 1 is 1.13 bits per heavy atom. The minimum atomic E-state index is -4.22. The summed E-state index contributed by atoms with van der Waals surface area (Å²) in [6.45, 7) is 4.69. The number of aryl methyl sites for hydroxylation is 1. The maximum Gasteiger partial charge on any atom is 0.265 e. The van der Waals surface area contributed by atoms with E-state index in [9.17, 15) is 18.0 Å². The lowest BCUT2D eigenvalue weighted by Gasteiger charge is -2.44. The van der Waals surface area contributed by atoms with Crippen molar-refractivity contribution in [3.63, 3.8) is 0 Å². The Morgan fingerprint density at radius 3 is 2.67 bits per heavy atom. The number of hydrogen-bond donors (Lipinski definition) is 1. The highest BCUT2D eigenvalue weighted by molar-refractivity contribution is 7.90. The van der Waals surface area contributed by atoms with Crippen LogP contribution < -0.4 is 14.4 Å². The number of rotatable bonds is 3. The third kappa shape index (κ3) is 8.05. The third-order valence-corrected chi connectivity index (χ3v) is 10.7. The zero-order chi connectivity index (χ0) is 33.1. The molecule has 46 heavy (non-hydrogen) atoms. The molecule has 0 aromatic heterocycles. The van der Waals surface area contributed by atoms with Gasteiger partial charge in [0.25, 0.3) is 15.9 Å². The highest BCUT2D eigenvalue weighted by Crippen LogP contribution is 2.42.